The van der Waals surface area contributed by atoms with Crippen LogP contribution < -0.4 is 0 Å². The van der Waals surface area contributed by atoms with Crippen molar-refractivity contribution in [2.24, 2.45) is 5.92 Å². The van der Waals surface area contributed by atoms with E-state index in [9.17, 15) is 0 Å². The van der Waals surface area contributed by atoms with Gasteiger partial charge < -0.3 is 4.74 Å². The Balaban J connectivity index is 2.59. The molecule has 10 heavy (non-hydrogen) atoms. The minimum atomic E-state index is 0.0759. The lowest BCUT2D eigenvalue weighted by Crippen LogP contribution is -2.25. The largest absolute Gasteiger partial charge is 0.375 e. The average molecular weight is 140 g/mol. The lowest BCUT2D eigenvalue weighted by Gasteiger charge is -2.22. The maximum atomic E-state index is 5.55. The van der Waals surface area contributed by atoms with Crippen LogP contribution in [0.15, 0.2) is 12.2 Å². The molecule has 0 unspecified atom stereocenters. The first-order valence-electron chi connectivity index (χ1n) is 3.93. The lowest BCUT2D eigenvalue weighted by molar-refractivity contribution is 0.0211. The van der Waals surface area contributed by atoms with Crippen LogP contribution in [0.2, 0.25) is 0 Å². The van der Waals surface area contributed by atoms with Gasteiger partial charge >= 0.3 is 0 Å². The highest BCUT2D eigenvalue weighted by Gasteiger charge is 2.33. The molecule has 0 aromatic rings. The van der Waals surface area contributed by atoms with Gasteiger partial charge in [0.25, 0.3) is 0 Å². The Morgan fingerprint density at radius 3 is 2.60 bits per heavy atom. The van der Waals surface area contributed by atoms with Crippen molar-refractivity contribution < 1.29 is 4.74 Å². The van der Waals surface area contributed by atoms with Gasteiger partial charge in [0.1, 0.15) is 0 Å². The van der Waals surface area contributed by atoms with Gasteiger partial charge in [-0.3, -0.25) is 0 Å². The topological polar surface area (TPSA) is 9.23 Å². The first-order chi connectivity index (χ1) is 4.67. The number of allylic oxidation sites excluding steroid dienone is 1. The smallest absolute Gasteiger partial charge is 0.0689 e. The second-order valence-corrected chi connectivity index (χ2v) is 3.37. The van der Waals surface area contributed by atoms with Gasteiger partial charge in [0.05, 0.1) is 5.60 Å². The molecule has 0 amide bonds. The van der Waals surface area contributed by atoms with Crippen LogP contribution in [0.1, 0.15) is 27.2 Å². The van der Waals surface area contributed by atoms with Crippen LogP contribution in [0.4, 0.5) is 0 Å². The molecule has 0 aliphatic carbocycles. The van der Waals surface area contributed by atoms with E-state index >= 15 is 0 Å². The fourth-order valence-corrected chi connectivity index (χ4v) is 1.46. The minimum absolute atomic E-state index is 0.0759. The molecule has 58 valence electrons. The van der Waals surface area contributed by atoms with Crippen LogP contribution in [-0.2, 0) is 4.74 Å². The molecular formula is C9H16O. The van der Waals surface area contributed by atoms with E-state index in [1.54, 1.807) is 0 Å². The molecule has 1 aliphatic rings. The van der Waals surface area contributed by atoms with Gasteiger partial charge in [-0.15, -0.1) is 0 Å². The van der Waals surface area contributed by atoms with E-state index in [1.165, 1.54) is 6.42 Å². The highest BCUT2D eigenvalue weighted by atomic mass is 16.5. The Labute approximate surface area is 63.1 Å². The van der Waals surface area contributed by atoms with E-state index < -0.39 is 0 Å². The van der Waals surface area contributed by atoms with E-state index in [4.69, 9.17) is 4.74 Å². The summed E-state index contributed by atoms with van der Waals surface area (Å²) < 4.78 is 5.55. The van der Waals surface area contributed by atoms with Crippen molar-refractivity contribution in [3.63, 3.8) is 0 Å². The highest BCUT2D eigenvalue weighted by Crippen LogP contribution is 2.31. The van der Waals surface area contributed by atoms with Gasteiger partial charge in [-0.2, -0.15) is 0 Å². The molecule has 1 saturated heterocycles. The summed E-state index contributed by atoms with van der Waals surface area (Å²) in [7, 11) is 0. The van der Waals surface area contributed by atoms with Gasteiger partial charge in [0.2, 0.25) is 0 Å². The fourth-order valence-electron chi connectivity index (χ4n) is 1.46. The van der Waals surface area contributed by atoms with Crippen molar-refractivity contribution in [3.05, 3.63) is 12.2 Å². The van der Waals surface area contributed by atoms with Crippen molar-refractivity contribution in [3.8, 4) is 0 Å². The predicted octanol–water partition coefficient (Wildman–Crippen LogP) is 2.38. The molecule has 1 heteroatoms. The summed E-state index contributed by atoms with van der Waals surface area (Å²) in [6.07, 6.45) is 5.53. The quantitative estimate of drug-likeness (QED) is 0.508. The van der Waals surface area contributed by atoms with E-state index in [0.717, 1.165) is 6.61 Å². The zero-order valence-electron chi connectivity index (χ0n) is 7.05. The normalized spacial score (nSPS) is 31.7. The van der Waals surface area contributed by atoms with Gasteiger partial charge in [-0.1, -0.05) is 12.2 Å². The maximum Gasteiger partial charge on any atom is 0.0689 e. The summed E-state index contributed by atoms with van der Waals surface area (Å²) in [5.74, 6) is 0.623. The van der Waals surface area contributed by atoms with Crippen molar-refractivity contribution in [1.82, 2.24) is 0 Å². The van der Waals surface area contributed by atoms with Crippen molar-refractivity contribution in [1.29, 1.82) is 0 Å². The molecule has 1 aliphatic heterocycles. The third-order valence-corrected chi connectivity index (χ3v) is 2.22. The number of ether oxygens (including phenoxy) is 1. The molecule has 0 radical (unpaired) electrons. The molecule has 0 saturated carbocycles. The fraction of sp³-hybridized carbons (Fsp3) is 0.778. The Morgan fingerprint density at radius 2 is 2.20 bits per heavy atom. The molecule has 1 nitrogen and oxygen atoms in total. The number of rotatable bonds is 1. The second-order valence-electron chi connectivity index (χ2n) is 3.37. The standard InChI is InChI=1S/C9H16O/c1-4-5-8-6-7-10-9(8,2)3/h4-5,8H,6-7H2,1-3H3/b5-4-/t8-/m1/s1. The Kier molecular flexibility index (Phi) is 2.14. The predicted molar refractivity (Wildman–Crippen MR) is 43.0 cm³/mol. The molecule has 1 heterocycles. The van der Waals surface area contributed by atoms with Crippen LogP contribution in [0, 0.1) is 5.92 Å². The molecule has 1 atom stereocenters. The van der Waals surface area contributed by atoms with E-state index in [-0.39, 0.29) is 5.60 Å². The van der Waals surface area contributed by atoms with Gasteiger partial charge in [0, 0.05) is 12.5 Å². The van der Waals surface area contributed by atoms with Crippen LogP contribution in [0.5, 0.6) is 0 Å². The molecule has 0 bridgehead atoms. The zero-order chi connectivity index (χ0) is 7.61. The van der Waals surface area contributed by atoms with Crippen molar-refractivity contribution >= 4 is 0 Å². The van der Waals surface area contributed by atoms with Gasteiger partial charge in [0.15, 0.2) is 0 Å². The zero-order valence-corrected chi connectivity index (χ0v) is 7.05. The molecule has 0 aromatic heterocycles. The van der Waals surface area contributed by atoms with Crippen LogP contribution in [-0.4, -0.2) is 12.2 Å². The number of hydrogen-bond donors (Lipinski definition) is 0. The van der Waals surface area contributed by atoms with E-state index in [2.05, 4.69) is 32.9 Å². The molecule has 1 rings (SSSR count). The summed E-state index contributed by atoms with van der Waals surface area (Å²) in [4.78, 5) is 0. The van der Waals surface area contributed by atoms with Crippen LogP contribution in [0.25, 0.3) is 0 Å². The second kappa shape index (κ2) is 2.75. The van der Waals surface area contributed by atoms with Crippen LogP contribution >= 0.6 is 0 Å². The molecule has 0 aromatic carbocycles. The van der Waals surface area contributed by atoms with E-state index in [0.29, 0.717) is 5.92 Å². The SMILES string of the molecule is C/C=C\[C@@H]1CCOC1(C)C. The van der Waals surface area contributed by atoms with Crippen LogP contribution in [0.3, 0.4) is 0 Å². The van der Waals surface area contributed by atoms with Gasteiger partial charge in [-0.25, -0.2) is 0 Å². The molecular weight excluding hydrogens is 124 g/mol. The average Bonchev–Trinajstić information content (AvgIpc) is 2.13. The van der Waals surface area contributed by atoms with E-state index in [1.807, 2.05) is 0 Å². The first-order valence-corrected chi connectivity index (χ1v) is 3.93. The van der Waals surface area contributed by atoms with Gasteiger partial charge in [-0.05, 0) is 27.2 Å². The van der Waals surface area contributed by atoms with Crippen molar-refractivity contribution in [2.75, 3.05) is 6.61 Å². The summed E-state index contributed by atoms with van der Waals surface area (Å²) in [6, 6.07) is 0. The third-order valence-electron chi connectivity index (χ3n) is 2.22. The summed E-state index contributed by atoms with van der Waals surface area (Å²) in [5.41, 5.74) is 0.0759. The first kappa shape index (κ1) is 7.80. The molecule has 1 fully saturated rings. The summed E-state index contributed by atoms with van der Waals surface area (Å²) >= 11 is 0. The lowest BCUT2D eigenvalue weighted by atomic mass is 9.91. The Hall–Kier alpha value is -0.300. The molecule has 0 spiro atoms. The Morgan fingerprint density at radius 1 is 1.50 bits per heavy atom. The third kappa shape index (κ3) is 1.40. The highest BCUT2D eigenvalue weighted by molar-refractivity contribution is 4.98. The Bertz CT molecular complexity index is 136. The summed E-state index contributed by atoms with van der Waals surface area (Å²) in [6.45, 7) is 7.30. The minimum Gasteiger partial charge on any atom is -0.375 e. The number of hydrogen-bond acceptors (Lipinski definition) is 1. The van der Waals surface area contributed by atoms with Crippen molar-refractivity contribution in [2.45, 2.75) is 32.8 Å². The molecule has 0 N–H and O–H groups in total. The monoisotopic (exact) mass is 140 g/mol. The summed E-state index contributed by atoms with van der Waals surface area (Å²) in [5, 5.41) is 0. The maximum absolute atomic E-state index is 5.55.